The number of hydrogen-bond donors (Lipinski definition) is 2. The Morgan fingerprint density at radius 1 is 1.38 bits per heavy atom. The normalized spacial score (nSPS) is 10.4. The number of thiophene rings is 1. The van der Waals surface area contributed by atoms with Gasteiger partial charge in [-0.3, -0.25) is 0 Å². The van der Waals surface area contributed by atoms with Crippen molar-refractivity contribution in [2.75, 3.05) is 11.1 Å². The molecule has 0 unspecified atom stereocenters. The first kappa shape index (κ1) is 15.2. The van der Waals surface area contributed by atoms with Gasteiger partial charge in [0.2, 0.25) is 0 Å². The number of benzene rings is 1. The van der Waals surface area contributed by atoms with Crippen LogP contribution in [0, 0.1) is 18.3 Å². The lowest BCUT2D eigenvalue weighted by Gasteiger charge is -2.13. The van der Waals surface area contributed by atoms with E-state index in [4.69, 9.17) is 15.7 Å². The van der Waals surface area contributed by atoms with Crippen LogP contribution in [-0.2, 0) is 6.54 Å². The van der Waals surface area contributed by atoms with Crippen molar-refractivity contribution < 1.29 is 4.74 Å². The maximum Gasteiger partial charge on any atom is 0.178 e. The van der Waals surface area contributed by atoms with Gasteiger partial charge in [0.15, 0.2) is 5.75 Å². The van der Waals surface area contributed by atoms with Gasteiger partial charge in [-0.05, 0) is 31.9 Å². The van der Waals surface area contributed by atoms with Gasteiger partial charge in [0, 0.05) is 6.54 Å². The molecule has 0 spiro atoms. The third-order valence-electron chi connectivity index (χ3n) is 3.06. The highest BCUT2D eigenvalue weighted by atomic mass is 32.1. The van der Waals surface area contributed by atoms with Crippen LogP contribution < -0.4 is 15.8 Å². The Balaban J connectivity index is 2.23. The molecule has 1 aromatic carbocycles. The first-order chi connectivity index (χ1) is 10.0. The lowest BCUT2D eigenvalue weighted by molar-refractivity contribution is 0.246. The van der Waals surface area contributed by atoms with Crippen LogP contribution in [0.2, 0.25) is 0 Å². The number of rotatable bonds is 5. The summed E-state index contributed by atoms with van der Waals surface area (Å²) < 4.78 is 5.75. The van der Waals surface area contributed by atoms with E-state index in [1.807, 2.05) is 26.0 Å². The zero-order valence-corrected chi connectivity index (χ0v) is 13.3. The van der Waals surface area contributed by atoms with Crippen LogP contribution in [0.4, 0.5) is 10.7 Å². The fourth-order valence-corrected chi connectivity index (χ4v) is 2.81. The summed E-state index contributed by atoms with van der Waals surface area (Å²) in [7, 11) is 0. The highest BCUT2D eigenvalue weighted by Crippen LogP contribution is 2.43. The van der Waals surface area contributed by atoms with E-state index in [-0.39, 0.29) is 6.10 Å². The first-order valence-electron chi connectivity index (χ1n) is 6.80. The standard InChI is InChI=1S/C16H19N3OS/c1-10(2)20-15-14(18)13(8-17)21-16(15)19-9-12-7-5-4-6-11(12)3/h4-7,10,19H,9,18H2,1-3H3. The van der Waals surface area contributed by atoms with E-state index in [0.717, 1.165) is 5.00 Å². The summed E-state index contributed by atoms with van der Waals surface area (Å²) in [4.78, 5) is 0.484. The number of hydrogen-bond acceptors (Lipinski definition) is 5. The minimum atomic E-state index is 0.00690. The number of nitriles is 1. The van der Waals surface area contributed by atoms with Crippen LogP contribution in [0.3, 0.4) is 0 Å². The number of nitrogen functional groups attached to an aromatic ring is 1. The van der Waals surface area contributed by atoms with Gasteiger partial charge in [-0.25, -0.2) is 0 Å². The number of nitrogens with two attached hydrogens (primary N) is 1. The van der Waals surface area contributed by atoms with Crippen molar-refractivity contribution in [2.24, 2.45) is 0 Å². The quantitative estimate of drug-likeness (QED) is 0.878. The molecule has 0 bridgehead atoms. The number of nitrogens with one attached hydrogen (secondary N) is 1. The summed E-state index contributed by atoms with van der Waals surface area (Å²) in [6.07, 6.45) is 0.00690. The van der Waals surface area contributed by atoms with E-state index in [1.54, 1.807) is 0 Å². The summed E-state index contributed by atoms with van der Waals surface area (Å²) >= 11 is 1.33. The first-order valence-corrected chi connectivity index (χ1v) is 7.62. The van der Waals surface area contributed by atoms with E-state index in [0.29, 0.717) is 22.9 Å². The van der Waals surface area contributed by atoms with E-state index < -0.39 is 0 Å². The third kappa shape index (κ3) is 3.47. The summed E-state index contributed by atoms with van der Waals surface area (Å²) in [5.41, 5.74) is 8.84. The molecule has 1 heterocycles. The Labute approximate surface area is 129 Å². The van der Waals surface area contributed by atoms with Gasteiger partial charge in [0.05, 0.1) is 6.10 Å². The summed E-state index contributed by atoms with van der Waals surface area (Å²) in [6.45, 7) is 6.63. The smallest absolute Gasteiger partial charge is 0.178 e. The summed E-state index contributed by atoms with van der Waals surface area (Å²) in [5, 5.41) is 13.3. The molecule has 21 heavy (non-hydrogen) atoms. The van der Waals surface area contributed by atoms with Crippen LogP contribution in [-0.4, -0.2) is 6.10 Å². The number of aryl methyl sites for hydroxylation is 1. The molecule has 0 saturated carbocycles. The Morgan fingerprint density at radius 2 is 2.10 bits per heavy atom. The fourth-order valence-electron chi connectivity index (χ4n) is 1.96. The van der Waals surface area contributed by atoms with E-state index in [1.165, 1.54) is 22.5 Å². The number of anilines is 2. The van der Waals surface area contributed by atoms with Gasteiger partial charge in [0.25, 0.3) is 0 Å². The van der Waals surface area contributed by atoms with Crippen molar-refractivity contribution in [3.05, 3.63) is 40.3 Å². The van der Waals surface area contributed by atoms with Crippen molar-refractivity contribution in [1.29, 1.82) is 5.26 Å². The largest absolute Gasteiger partial charge is 0.486 e. The number of ether oxygens (including phenoxy) is 1. The Hall–Kier alpha value is -2.19. The second-order valence-corrected chi connectivity index (χ2v) is 6.08. The highest BCUT2D eigenvalue weighted by molar-refractivity contribution is 7.17. The topological polar surface area (TPSA) is 71.1 Å². The lowest BCUT2D eigenvalue weighted by atomic mass is 10.1. The van der Waals surface area contributed by atoms with Crippen LogP contribution >= 0.6 is 11.3 Å². The minimum Gasteiger partial charge on any atom is -0.486 e. The average Bonchev–Trinajstić information content (AvgIpc) is 2.74. The monoisotopic (exact) mass is 301 g/mol. The maximum atomic E-state index is 9.12. The molecule has 0 aliphatic rings. The van der Waals surface area contributed by atoms with Crippen molar-refractivity contribution in [2.45, 2.75) is 33.4 Å². The van der Waals surface area contributed by atoms with Gasteiger partial charge < -0.3 is 15.8 Å². The van der Waals surface area contributed by atoms with E-state index in [9.17, 15) is 0 Å². The zero-order valence-electron chi connectivity index (χ0n) is 12.4. The SMILES string of the molecule is Cc1ccccc1CNc1sc(C#N)c(N)c1OC(C)C. The predicted molar refractivity (Wildman–Crippen MR) is 87.7 cm³/mol. The molecule has 4 nitrogen and oxygen atoms in total. The van der Waals surface area contributed by atoms with Crippen LogP contribution in [0.1, 0.15) is 29.9 Å². The van der Waals surface area contributed by atoms with Crippen LogP contribution in [0.5, 0.6) is 5.75 Å². The average molecular weight is 301 g/mol. The molecule has 1 aromatic heterocycles. The van der Waals surface area contributed by atoms with E-state index in [2.05, 4.69) is 30.4 Å². The summed E-state index contributed by atoms with van der Waals surface area (Å²) in [6, 6.07) is 10.3. The second kappa shape index (κ2) is 6.51. The highest BCUT2D eigenvalue weighted by Gasteiger charge is 2.18. The maximum absolute atomic E-state index is 9.12. The molecule has 0 saturated heterocycles. The molecule has 110 valence electrons. The molecule has 3 N–H and O–H groups in total. The van der Waals surface area contributed by atoms with E-state index >= 15 is 0 Å². The molecular formula is C16H19N3OS. The van der Waals surface area contributed by atoms with Gasteiger partial charge in [-0.1, -0.05) is 24.3 Å². The fraction of sp³-hybridized carbons (Fsp3) is 0.312. The van der Waals surface area contributed by atoms with Crippen LogP contribution in [0.25, 0.3) is 0 Å². The molecule has 0 amide bonds. The molecule has 0 aliphatic carbocycles. The Bertz CT molecular complexity index is 671. The zero-order chi connectivity index (χ0) is 15.4. The molecule has 0 radical (unpaired) electrons. The molecule has 0 fully saturated rings. The van der Waals surface area contributed by atoms with Crippen molar-refractivity contribution in [1.82, 2.24) is 0 Å². The second-order valence-electron chi connectivity index (χ2n) is 5.06. The molecule has 2 aromatic rings. The third-order valence-corrected chi connectivity index (χ3v) is 4.10. The molecule has 5 heteroatoms. The van der Waals surface area contributed by atoms with Gasteiger partial charge in [0.1, 0.15) is 21.6 Å². The molecule has 2 rings (SSSR count). The van der Waals surface area contributed by atoms with Crippen LogP contribution in [0.15, 0.2) is 24.3 Å². The molecular weight excluding hydrogens is 282 g/mol. The van der Waals surface area contributed by atoms with Gasteiger partial charge in [-0.2, -0.15) is 5.26 Å². The van der Waals surface area contributed by atoms with Gasteiger partial charge >= 0.3 is 0 Å². The Kier molecular flexibility index (Phi) is 4.71. The van der Waals surface area contributed by atoms with Crippen molar-refractivity contribution in [3.8, 4) is 11.8 Å². The van der Waals surface area contributed by atoms with Crippen molar-refractivity contribution >= 4 is 22.0 Å². The molecule has 0 aliphatic heterocycles. The summed E-state index contributed by atoms with van der Waals surface area (Å²) in [5.74, 6) is 0.583. The lowest BCUT2D eigenvalue weighted by Crippen LogP contribution is -2.09. The van der Waals surface area contributed by atoms with Gasteiger partial charge in [-0.15, -0.1) is 11.3 Å². The Morgan fingerprint density at radius 3 is 2.71 bits per heavy atom. The molecule has 0 atom stereocenters. The predicted octanol–water partition coefficient (Wildman–Crippen LogP) is 3.91. The number of nitrogens with zero attached hydrogens (tertiary/aromatic N) is 1. The van der Waals surface area contributed by atoms with Crippen molar-refractivity contribution in [3.63, 3.8) is 0 Å². The minimum absolute atomic E-state index is 0.00690.